The second-order valence-corrected chi connectivity index (χ2v) is 3.20. The molecule has 1 heterocycles. The van der Waals surface area contributed by atoms with Gasteiger partial charge in [0.2, 0.25) is 0 Å². The van der Waals surface area contributed by atoms with Crippen LogP contribution < -0.4 is 0 Å². The molecule has 0 N–H and O–H groups in total. The first-order valence-corrected chi connectivity index (χ1v) is 5.17. The maximum atomic E-state index is 5.04. The van der Waals surface area contributed by atoms with Gasteiger partial charge in [-0.2, -0.15) is 19.9 Å². The molecule has 2 nitrogen and oxygen atoms in total. The molecule has 0 amide bonds. The van der Waals surface area contributed by atoms with Gasteiger partial charge in [0.25, 0.3) is 0 Å². The monoisotopic (exact) mass is 396 g/mol. The van der Waals surface area contributed by atoms with Crippen LogP contribution in [0.1, 0.15) is 18.4 Å². The first kappa shape index (κ1) is 15.4. The second kappa shape index (κ2) is 10.9. The third-order valence-corrected chi connectivity index (χ3v) is 1.97. The molecule has 0 atom stereocenters. The molecule has 0 spiro atoms. The molecule has 1 aromatic carbocycles. The fourth-order valence-corrected chi connectivity index (χ4v) is 1.22. The van der Waals surface area contributed by atoms with E-state index in [1.54, 1.807) is 6.21 Å². The van der Waals surface area contributed by atoms with Crippen LogP contribution in [0.5, 0.6) is 0 Å². The Bertz CT molecular complexity index is 259. The smallest absolute Gasteiger partial charge is 0.0195 e. The van der Waals surface area contributed by atoms with Gasteiger partial charge in [0, 0.05) is 33.3 Å². The molecular formula is C13H17IrNO-2. The normalized spacial score (nSPS) is 14.8. The Hall–Kier alpha value is -0.631. The average molecular weight is 396 g/mol. The summed E-state index contributed by atoms with van der Waals surface area (Å²) in [6, 6.07) is 9.87. The van der Waals surface area contributed by atoms with E-state index in [-0.39, 0.29) is 20.1 Å². The molecule has 1 radical (unpaired) electrons. The molecule has 0 saturated carbocycles. The minimum absolute atomic E-state index is 0. The van der Waals surface area contributed by atoms with Gasteiger partial charge >= 0.3 is 0 Å². The summed E-state index contributed by atoms with van der Waals surface area (Å²) in [5, 5.41) is 0. The van der Waals surface area contributed by atoms with Crippen molar-refractivity contribution in [3.05, 3.63) is 49.4 Å². The first-order valence-electron chi connectivity index (χ1n) is 5.17. The Balaban J connectivity index is 0.000000283. The molecule has 0 aromatic heterocycles. The van der Waals surface area contributed by atoms with E-state index in [0.717, 1.165) is 31.6 Å². The maximum Gasteiger partial charge on any atom is 0.0195 e. The van der Waals surface area contributed by atoms with Crippen LogP contribution in [0.3, 0.4) is 0 Å². The predicted molar refractivity (Wildman–Crippen MR) is 63.7 cm³/mol. The Morgan fingerprint density at radius 2 is 1.81 bits per heavy atom. The maximum absolute atomic E-state index is 5.04. The van der Waals surface area contributed by atoms with Gasteiger partial charge in [0.15, 0.2) is 0 Å². The summed E-state index contributed by atoms with van der Waals surface area (Å²) in [5.74, 6) is 0. The van der Waals surface area contributed by atoms with Gasteiger partial charge in [0.1, 0.15) is 0 Å². The molecule has 1 aliphatic rings. The summed E-state index contributed by atoms with van der Waals surface area (Å²) in [4.78, 5) is 3.63. The third kappa shape index (κ3) is 7.63. The van der Waals surface area contributed by atoms with Crippen molar-refractivity contribution in [2.45, 2.75) is 12.8 Å². The summed E-state index contributed by atoms with van der Waals surface area (Å²) in [6.45, 7) is 1.89. The Labute approximate surface area is 111 Å². The van der Waals surface area contributed by atoms with Crippen molar-refractivity contribution in [3.8, 4) is 0 Å². The summed E-state index contributed by atoms with van der Waals surface area (Å²) in [5.41, 5.74) is 1.09. The van der Waals surface area contributed by atoms with Crippen molar-refractivity contribution in [3.63, 3.8) is 0 Å². The van der Waals surface area contributed by atoms with Gasteiger partial charge in [-0.05, 0) is 0 Å². The van der Waals surface area contributed by atoms with Gasteiger partial charge in [-0.25, -0.2) is 0 Å². The fourth-order valence-electron chi connectivity index (χ4n) is 1.22. The Kier molecular flexibility index (Phi) is 10.4. The zero-order valence-corrected chi connectivity index (χ0v) is 11.7. The average Bonchev–Trinajstić information content (AvgIpc) is 2.34. The number of aliphatic imine (C=N–C) groups is 1. The summed E-state index contributed by atoms with van der Waals surface area (Å²) >= 11 is 0. The van der Waals surface area contributed by atoms with Crippen molar-refractivity contribution in [1.82, 2.24) is 0 Å². The second-order valence-electron chi connectivity index (χ2n) is 3.20. The minimum atomic E-state index is 0. The summed E-state index contributed by atoms with van der Waals surface area (Å²) in [6.07, 6.45) is 6.30. The quantitative estimate of drug-likeness (QED) is 0.529. The minimum Gasteiger partial charge on any atom is -0.456 e. The van der Waals surface area contributed by atoms with Gasteiger partial charge in [0.05, 0.1) is 0 Å². The Morgan fingerprint density at radius 3 is 2.19 bits per heavy atom. The van der Waals surface area contributed by atoms with Crippen molar-refractivity contribution in [2.24, 2.45) is 4.99 Å². The number of benzene rings is 1. The van der Waals surface area contributed by atoms with Crippen LogP contribution in [0.4, 0.5) is 0 Å². The predicted octanol–water partition coefficient (Wildman–Crippen LogP) is 2.90. The molecule has 2 rings (SSSR count). The molecule has 91 valence electrons. The summed E-state index contributed by atoms with van der Waals surface area (Å²) < 4.78 is 5.04. The van der Waals surface area contributed by atoms with Crippen LogP contribution in [0.25, 0.3) is 0 Å². The Morgan fingerprint density at radius 1 is 1.19 bits per heavy atom. The van der Waals surface area contributed by atoms with E-state index in [0.29, 0.717) is 0 Å². The molecule has 1 fully saturated rings. The van der Waals surface area contributed by atoms with Crippen LogP contribution in [0, 0.1) is 13.5 Å². The molecule has 1 aliphatic heterocycles. The summed E-state index contributed by atoms with van der Waals surface area (Å²) in [7, 11) is 3.35. The standard InChI is InChI=1S/C8H8N.C5H9O.Ir/c1-9-7-8-5-3-2-4-6-8;1-2-4-6-5-3-1;/h2-7H,1H2;1H,2-5H2;/q2*-1;. The van der Waals surface area contributed by atoms with E-state index >= 15 is 0 Å². The molecule has 0 aliphatic carbocycles. The van der Waals surface area contributed by atoms with Gasteiger partial charge in [-0.15, -0.1) is 6.21 Å². The molecule has 1 aromatic rings. The van der Waals surface area contributed by atoms with Crippen molar-refractivity contribution < 1.29 is 24.8 Å². The first-order chi connectivity index (χ1) is 7.43. The van der Waals surface area contributed by atoms with Crippen molar-refractivity contribution in [2.75, 3.05) is 13.2 Å². The molecule has 1 saturated heterocycles. The molecule has 16 heavy (non-hydrogen) atoms. The van der Waals surface area contributed by atoms with E-state index in [4.69, 9.17) is 4.74 Å². The van der Waals surface area contributed by atoms with E-state index < -0.39 is 0 Å². The SMILES string of the molecule is [CH-]1CCOCC1.[CH2-]N=Cc1ccccc1.[Ir]. The molecular weight excluding hydrogens is 378 g/mol. The van der Waals surface area contributed by atoms with E-state index in [2.05, 4.69) is 18.5 Å². The number of hydrogen-bond acceptors (Lipinski definition) is 2. The number of ether oxygens (including phenoxy) is 1. The third-order valence-electron chi connectivity index (χ3n) is 1.97. The number of hydrogen-bond donors (Lipinski definition) is 0. The molecule has 0 unspecified atom stereocenters. The zero-order chi connectivity index (χ0) is 10.8. The largest absolute Gasteiger partial charge is 0.456 e. The molecule has 0 bridgehead atoms. The van der Waals surface area contributed by atoms with Crippen LogP contribution in [0.15, 0.2) is 35.3 Å². The van der Waals surface area contributed by atoms with E-state index in [1.165, 1.54) is 0 Å². The zero-order valence-electron chi connectivity index (χ0n) is 9.27. The van der Waals surface area contributed by atoms with Crippen LogP contribution in [-0.2, 0) is 24.8 Å². The van der Waals surface area contributed by atoms with E-state index in [1.807, 2.05) is 30.3 Å². The van der Waals surface area contributed by atoms with Crippen LogP contribution in [-0.4, -0.2) is 19.4 Å². The van der Waals surface area contributed by atoms with Crippen LogP contribution in [0.2, 0.25) is 0 Å². The van der Waals surface area contributed by atoms with E-state index in [9.17, 15) is 0 Å². The topological polar surface area (TPSA) is 21.6 Å². The number of nitrogens with zero attached hydrogens (tertiary/aromatic N) is 1. The van der Waals surface area contributed by atoms with Crippen LogP contribution >= 0.6 is 0 Å². The van der Waals surface area contributed by atoms with Crippen molar-refractivity contribution >= 4 is 6.21 Å². The number of rotatable bonds is 1. The van der Waals surface area contributed by atoms with Gasteiger partial charge in [-0.1, -0.05) is 35.9 Å². The molecule has 3 heteroatoms. The van der Waals surface area contributed by atoms with Gasteiger partial charge in [-0.3, -0.25) is 0 Å². The van der Waals surface area contributed by atoms with Crippen molar-refractivity contribution in [1.29, 1.82) is 0 Å². The van der Waals surface area contributed by atoms with Gasteiger partial charge < -0.3 is 16.2 Å². The fraction of sp³-hybridized carbons (Fsp3) is 0.308.